The SMILES string of the molecule is C[SiH](C)N([SiH](C)C)[SiH](C)Br. The fourth-order valence-electron chi connectivity index (χ4n) is 1.42. The Bertz CT molecular complexity index is 77.9. The molecule has 0 saturated heterocycles. The Labute approximate surface area is 77.4 Å². The van der Waals surface area contributed by atoms with Crippen LogP contribution in [0.5, 0.6) is 0 Å². The van der Waals surface area contributed by atoms with Crippen LogP contribution in [0, 0.1) is 0 Å². The third-order valence-corrected chi connectivity index (χ3v) is 18.7. The van der Waals surface area contributed by atoms with E-state index in [9.17, 15) is 0 Å². The lowest BCUT2D eigenvalue weighted by atomic mass is 11.9. The molecule has 0 N–H and O–H groups in total. The first-order valence-electron chi connectivity index (χ1n) is 3.88. The summed E-state index contributed by atoms with van der Waals surface area (Å²) in [7, 11) is -1.61. The van der Waals surface area contributed by atoms with Crippen LogP contribution >= 0.6 is 15.3 Å². The lowest BCUT2D eigenvalue weighted by molar-refractivity contribution is 1.02. The highest BCUT2D eigenvalue weighted by molar-refractivity contribution is 9.24. The highest BCUT2D eigenvalue weighted by Crippen LogP contribution is 2.07. The van der Waals surface area contributed by atoms with Gasteiger partial charge in [0.1, 0.15) is 0 Å². The fourth-order valence-corrected chi connectivity index (χ4v) is 21.3. The molecule has 0 fully saturated rings. The zero-order valence-corrected chi connectivity index (χ0v) is 12.6. The Morgan fingerprint density at radius 3 is 1.20 bits per heavy atom. The summed E-state index contributed by atoms with van der Waals surface area (Å²) in [5, 5.41) is 0. The van der Waals surface area contributed by atoms with E-state index < -0.39 is 25.5 Å². The molecule has 1 unspecified atom stereocenters. The Morgan fingerprint density at radius 2 is 1.20 bits per heavy atom. The Morgan fingerprint density at radius 1 is 0.900 bits per heavy atom. The number of hydrogen-bond acceptors (Lipinski definition) is 1. The van der Waals surface area contributed by atoms with Gasteiger partial charge in [-0.1, -0.05) is 32.7 Å². The van der Waals surface area contributed by atoms with Crippen LogP contribution in [0.1, 0.15) is 0 Å². The van der Waals surface area contributed by atoms with Crippen LogP contribution in [0.4, 0.5) is 0 Å². The van der Waals surface area contributed by atoms with Gasteiger partial charge < -0.3 is 3.90 Å². The van der Waals surface area contributed by atoms with E-state index in [0.29, 0.717) is 0 Å². The van der Waals surface area contributed by atoms with Gasteiger partial charge in [-0.15, -0.1) is 15.3 Å². The van der Waals surface area contributed by atoms with E-state index in [4.69, 9.17) is 0 Å². The van der Waals surface area contributed by atoms with Gasteiger partial charge in [-0.2, -0.15) is 0 Å². The predicted molar refractivity (Wildman–Crippen MR) is 61.5 cm³/mol. The van der Waals surface area contributed by atoms with E-state index in [1.165, 1.54) is 0 Å². The van der Waals surface area contributed by atoms with Crippen molar-refractivity contribution in [1.29, 1.82) is 0 Å². The van der Waals surface area contributed by atoms with Crippen molar-refractivity contribution >= 4 is 40.8 Å². The van der Waals surface area contributed by atoms with Crippen molar-refractivity contribution in [2.45, 2.75) is 32.7 Å². The standard InChI is InChI=1S/C5H18BrNSi3/c1-8(2)7(9(3)4)10(5)6/h8-10H,1-5H3. The molecule has 0 aliphatic carbocycles. The largest absolute Gasteiger partial charge is 0.367 e. The molecule has 1 atom stereocenters. The molecule has 0 rings (SSSR count). The average Bonchev–Trinajstić information content (AvgIpc) is 1.59. The quantitative estimate of drug-likeness (QED) is 0.546. The maximum atomic E-state index is 3.78. The van der Waals surface area contributed by atoms with Crippen LogP contribution in [0.2, 0.25) is 32.7 Å². The van der Waals surface area contributed by atoms with Crippen molar-refractivity contribution < 1.29 is 0 Å². The second-order valence-electron chi connectivity index (χ2n) is 3.21. The van der Waals surface area contributed by atoms with E-state index in [2.05, 4.69) is 51.9 Å². The number of rotatable bonds is 3. The molecule has 0 amide bonds. The van der Waals surface area contributed by atoms with Gasteiger partial charge in [0, 0.05) is 0 Å². The summed E-state index contributed by atoms with van der Waals surface area (Å²) in [5.41, 5.74) is 0. The molecule has 1 nitrogen and oxygen atoms in total. The van der Waals surface area contributed by atoms with Crippen molar-refractivity contribution in [2.24, 2.45) is 0 Å². The van der Waals surface area contributed by atoms with Crippen molar-refractivity contribution in [3.63, 3.8) is 0 Å². The lowest BCUT2D eigenvalue weighted by Gasteiger charge is -2.31. The molecule has 0 aromatic heterocycles. The van der Waals surface area contributed by atoms with Gasteiger partial charge in [-0.25, -0.2) is 0 Å². The summed E-state index contributed by atoms with van der Waals surface area (Å²) in [4.78, 5) is 0. The topological polar surface area (TPSA) is 3.24 Å². The van der Waals surface area contributed by atoms with E-state index in [1.54, 1.807) is 0 Å². The molecule has 62 valence electrons. The van der Waals surface area contributed by atoms with Gasteiger partial charge in [-0.05, 0) is 0 Å². The average molecular weight is 256 g/mol. The number of halogens is 1. The first-order valence-corrected chi connectivity index (χ1v) is 14.4. The zero-order chi connectivity index (χ0) is 8.31. The predicted octanol–water partition coefficient (Wildman–Crippen LogP) is 1.50. The molecule has 10 heavy (non-hydrogen) atoms. The van der Waals surface area contributed by atoms with Crippen LogP contribution in [-0.2, 0) is 0 Å². The molecule has 0 aliphatic heterocycles. The minimum absolute atomic E-state index is 0.491. The molecular formula is C5H18BrNSi3. The zero-order valence-electron chi connectivity index (χ0n) is 7.56. The monoisotopic (exact) mass is 255 g/mol. The normalized spacial score (nSPS) is 15.3. The van der Waals surface area contributed by atoms with Crippen LogP contribution in [-0.4, -0.2) is 29.4 Å². The van der Waals surface area contributed by atoms with Gasteiger partial charge in [-0.3, -0.25) is 0 Å². The highest BCUT2D eigenvalue weighted by Gasteiger charge is 2.19. The smallest absolute Gasteiger partial charge is 0.170 e. The first-order chi connectivity index (χ1) is 4.46. The Kier molecular flexibility index (Phi) is 5.40. The molecule has 0 saturated carbocycles. The van der Waals surface area contributed by atoms with Crippen molar-refractivity contribution in [3.05, 3.63) is 0 Å². The van der Waals surface area contributed by atoms with Crippen LogP contribution in [0.3, 0.4) is 0 Å². The van der Waals surface area contributed by atoms with Gasteiger partial charge in [0.2, 0.25) is 0 Å². The van der Waals surface area contributed by atoms with Gasteiger partial charge in [0.05, 0.1) is 17.9 Å². The molecule has 0 spiro atoms. The summed E-state index contributed by atoms with van der Waals surface area (Å²) in [6.07, 6.45) is 0. The van der Waals surface area contributed by atoms with E-state index >= 15 is 0 Å². The van der Waals surface area contributed by atoms with E-state index in [0.717, 1.165) is 0 Å². The fraction of sp³-hybridized carbons (Fsp3) is 1.00. The molecule has 0 bridgehead atoms. The molecular weight excluding hydrogens is 238 g/mol. The van der Waals surface area contributed by atoms with Gasteiger partial charge >= 0.3 is 0 Å². The summed E-state index contributed by atoms with van der Waals surface area (Å²) in [6.45, 7) is 12.1. The third-order valence-electron chi connectivity index (χ3n) is 1.60. The van der Waals surface area contributed by atoms with Gasteiger partial charge in [0.25, 0.3) is 0 Å². The maximum Gasteiger partial charge on any atom is 0.170 e. The van der Waals surface area contributed by atoms with Crippen molar-refractivity contribution in [3.8, 4) is 0 Å². The third kappa shape index (κ3) is 3.47. The van der Waals surface area contributed by atoms with Gasteiger partial charge in [0.15, 0.2) is 7.58 Å². The van der Waals surface area contributed by atoms with E-state index in [1.807, 2.05) is 0 Å². The Hall–Kier alpha value is 1.09. The van der Waals surface area contributed by atoms with Crippen molar-refractivity contribution in [1.82, 2.24) is 3.90 Å². The second kappa shape index (κ2) is 4.87. The molecule has 0 radical (unpaired) electrons. The highest BCUT2D eigenvalue weighted by atomic mass is 79.9. The molecule has 0 aliphatic rings. The number of nitrogens with zero attached hydrogens (tertiary/aromatic N) is 1. The first kappa shape index (κ1) is 11.1. The summed E-state index contributed by atoms with van der Waals surface area (Å²) < 4.78 is 2.83. The van der Waals surface area contributed by atoms with Crippen LogP contribution in [0.15, 0.2) is 0 Å². The summed E-state index contributed by atoms with van der Waals surface area (Å²) >= 11 is 3.78. The van der Waals surface area contributed by atoms with Crippen LogP contribution in [0.25, 0.3) is 0 Å². The molecule has 0 heterocycles. The number of hydrogen-bond donors (Lipinski definition) is 0. The molecule has 0 aromatic rings. The maximum absolute atomic E-state index is 3.78. The minimum atomic E-state index is -0.632. The lowest BCUT2D eigenvalue weighted by Crippen LogP contribution is -2.48. The Balaban J connectivity index is 3.98. The molecule has 0 aromatic carbocycles. The summed E-state index contributed by atoms with van der Waals surface area (Å²) in [5.74, 6) is 0. The summed E-state index contributed by atoms with van der Waals surface area (Å²) in [6, 6.07) is 0. The van der Waals surface area contributed by atoms with Crippen LogP contribution < -0.4 is 0 Å². The van der Waals surface area contributed by atoms with Crippen molar-refractivity contribution in [2.75, 3.05) is 0 Å². The van der Waals surface area contributed by atoms with E-state index in [-0.39, 0.29) is 0 Å². The molecule has 5 heteroatoms. The minimum Gasteiger partial charge on any atom is -0.367 e. The second-order valence-corrected chi connectivity index (χ2v) is 16.3.